The Morgan fingerprint density at radius 3 is 2.79 bits per heavy atom. The summed E-state index contributed by atoms with van der Waals surface area (Å²) in [5.41, 5.74) is 0.946. The zero-order valence-corrected chi connectivity index (χ0v) is 15.3. The van der Waals surface area contributed by atoms with E-state index in [0.717, 1.165) is 10.6 Å². The van der Waals surface area contributed by atoms with E-state index in [4.69, 9.17) is 4.52 Å². The maximum absolute atomic E-state index is 12.0. The number of nitrogens with zero attached hydrogens (tertiary/aromatic N) is 3. The highest BCUT2D eigenvalue weighted by atomic mass is 32.1. The fourth-order valence-electron chi connectivity index (χ4n) is 1.94. The number of thiazole rings is 1. The van der Waals surface area contributed by atoms with Crippen LogP contribution in [0.2, 0.25) is 0 Å². The first kappa shape index (κ1) is 16.8. The van der Waals surface area contributed by atoms with Gasteiger partial charge in [-0.2, -0.15) is 4.98 Å². The van der Waals surface area contributed by atoms with Crippen molar-refractivity contribution in [2.24, 2.45) is 0 Å². The molecule has 0 fully saturated rings. The van der Waals surface area contributed by atoms with E-state index in [-0.39, 0.29) is 17.7 Å². The summed E-state index contributed by atoms with van der Waals surface area (Å²) in [7, 11) is 0. The topological polar surface area (TPSA) is 80.9 Å². The number of amides is 1. The van der Waals surface area contributed by atoms with E-state index < -0.39 is 0 Å². The first-order valence-corrected chi connectivity index (χ1v) is 9.30. The largest absolute Gasteiger partial charge is 0.339 e. The Hall–Kier alpha value is -2.06. The molecule has 0 bridgehead atoms. The molecule has 0 saturated heterocycles. The maximum Gasteiger partial charge on any atom is 0.227 e. The van der Waals surface area contributed by atoms with E-state index in [2.05, 4.69) is 41.2 Å². The van der Waals surface area contributed by atoms with Crippen molar-refractivity contribution in [2.45, 2.75) is 39.0 Å². The van der Waals surface area contributed by atoms with Gasteiger partial charge in [0.1, 0.15) is 0 Å². The van der Waals surface area contributed by atoms with Crippen molar-refractivity contribution in [1.29, 1.82) is 0 Å². The smallest absolute Gasteiger partial charge is 0.227 e. The minimum Gasteiger partial charge on any atom is -0.339 e. The van der Waals surface area contributed by atoms with Crippen molar-refractivity contribution >= 4 is 33.7 Å². The Balaban J connectivity index is 1.53. The quantitative estimate of drug-likeness (QED) is 0.738. The van der Waals surface area contributed by atoms with E-state index in [9.17, 15) is 4.79 Å². The predicted octanol–water partition coefficient (Wildman–Crippen LogP) is 4.12. The monoisotopic (exact) mass is 362 g/mol. The zero-order valence-electron chi connectivity index (χ0n) is 13.7. The van der Waals surface area contributed by atoms with Crippen molar-refractivity contribution in [2.75, 3.05) is 5.32 Å². The van der Waals surface area contributed by atoms with Crippen LogP contribution >= 0.6 is 22.7 Å². The third-order valence-corrected chi connectivity index (χ3v) is 4.92. The van der Waals surface area contributed by atoms with Gasteiger partial charge in [0.05, 0.1) is 10.6 Å². The summed E-state index contributed by atoms with van der Waals surface area (Å²) < 4.78 is 5.19. The molecule has 3 rings (SSSR count). The molecule has 0 spiro atoms. The molecule has 0 unspecified atom stereocenters. The van der Waals surface area contributed by atoms with Crippen LogP contribution in [0.25, 0.3) is 10.7 Å². The van der Waals surface area contributed by atoms with E-state index in [1.165, 1.54) is 11.3 Å². The van der Waals surface area contributed by atoms with Crippen molar-refractivity contribution in [3.63, 3.8) is 0 Å². The van der Waals surface area contributed by atoms with Crippen LogP contribution in [0, 0.1) is 0 Å². The van der Waals surface area contributed by atoms with Crippen molar-refractivity contribution in [3.8, 4) is 10.7 Å². The standard InChI is InChI=1S/C16H18N4O2S2/c1-16(2,3)11-9-24-15(17-11)18-12(21)6-7-13-19-14(20-22-13)10-5-4-8-23-10/h4-5,8-9H,6-7H2,1-3H3,(H,17,18,21). The van der Waals surface area contributed by atoms with Crippen LogP contribution in [0.4, 0.5) is 5.13 Å². The summed E-state index contributed by atoms with van der Waals surface area (Å²) in [5, 5.41) is 11.3. The minimum absolute atomic E-state index is 0.0264. The molecule has 0 aliphatic carbocycles. The van der Waals surface area contributed by atoms with Crippen molar-refractivity contribution < 1.29 is 9.32 Å². The van der Waals surface area contributed by atoms with Crippen LogP contribution in [0.3, 0.4) is 0 Å². The summed E-state index contributed by atoms with van der Waals surface area (Å²) >= 11 is 2.98. The molecule has 0 saturated carbocycles. The normalized spacial score (nSPS) is 11.6. The number of thiophene rings is 1. The Kier molecular flexibility index (Phi) is 4.77. The van der Waals surface area contributed by atoms with Gasteiger partial charge in [0.25, 0.3) is 0 Å². The Labute approximate surface area is 147 Å². The highest BCUT2D eigenvalue weighted by Crippen LogP contribution is 2.26. The summed E-state index contributed by atoms with van der Waals surface area (Å²) in [5.74, 6) is 0.916. The van der Waals surface area contributed by atoms with Gasteiger partial charge in [-0.25, -0.2) is 4.98 Å². The number of carbonyl (C=O) groups is 1. The lowest BCUT2D eigenvalue weighted by Crippen LogP contribution is -2.14. The Bertz CT molecular complexity index is 815. The molecule has 0 radical (unpaired) electrons. The molecule has 0 aromatic carbocycles. The van der Waals surface area contributed by atoms with Crippen LogP contribution in [0.15, 0.2) is 27.4 Å². The van der Waals surface area contributed by atoms with Crippen LogP contribution in [0.5, 0.6) is 0 Å². The molecule has 1 N–H and O–H groups in total. The summed E-state index contributed by atoms with van der Waals surface area (Å²) in [6.07, 6.45) is 0.679. The zero-order chi connectivity index (χ0) is 17.2. The van der Waals surface area contributed by atoms with Gasteiger partial charge >= 0.3 is 0 Å². The third-order valence-electron chi connectivity index (χ3n) is 3.29. The SMILES string of the molecule is CC(C)(C)c1csc(NC(=O)CCc2nc(-c3cccs3)no2)n1. The van der Waals surface area contributed by atoms with Gasteiger partial charge in [-0.15, -0.1) is 22.7 Å². The van der Waals surface area contributed by atoms with Crippen LogP contribution < -0.4 is 5.32 Å². The van der Waals surface area contributed by atoms with Gasteiger partial charge in [0.2, 0.25) is 17.6 Å². The van der Waals surface area contributed by atoms with Gasteiger partial charge in [-0.3, -0.25) is 4.79 Å². The number of rotatable bonds is 5. The molecular weight excluding hydrogens is 344 g/mol. The predicted molar refractivity (Wildman–Crippen MR) is 95.4 cm³/mol. The average Bonchev–Trinajstić information content (AvgIpc) is 3.25. The summed E-state index contributed by atoms with van der Waals surface area (Å²) in [4.78, 5) is 21.8. The number of hydrogen-bond acceptors (Lipinski definition) is 7. The lowest BCUT2D eigenvalue weighted by molar-refractivity contribution is -0.116. The molecule has 0 aliphatic rings. The van der Waals surface area contributed by atoms with Crippen molar-refractivity contribution in [3.05, 3.63) is 34.5 Å². The molecule has 0 atom stereocenters. The van der Waals surface area contributed by atoms with Crippen molar-refractivity contribution in [1.82, 2.24) is 15.1 Å². The molecule has 0 aliphatic heterocycles. The van der Waals surface area contributed by atoms with E-state index in [1.807, 2.05) is 22.9 Å². The molecule has 1 amide bonds. The average molecular weight is 362 g/mol. The lowest BCUT2D eigenvalue weighted by atomic mass is 9.93. The number of anilines is 1. The lowest BCUT2D eigenvalue weighted by Gasteiger charge is -2.14. The number of carbonyl (C=O) groups excluding carboxylic acids is 1. The first-order chi connectivity index (χ1) is 11.4. The number of hydrogen-bond donors (Lipinski definition) is 1. The summed E-state index contributed by atoms with van der Waals surface area (Å²) in [6, 6.07) is 3.87. The van der Waals surface area contributed by atoms with Gasteiger partial charge in [-0.1, -0.05) is 32.0 Å². The molecule has 24 heavy (non-hydrogen) atoms. The molecule has 3 aromatic heterocycles. The molecule has 6 nitrogen and oxygen atoms in total. The second kappa shape index (κ2) is 6.82. The minimum atomic E-state index is -0.110. The van der Waals surface area contributed by atoms with Gasteiger partial charge in [0.15, 0.2) is 5.13 Å². The molecule has 126 valence electrons. The Morgan fingerprint density at radius 1 is 1.29 bits per heavy atom. The fourth-order valence-corrected chi connectivity index (χ4v) is 3.54. The van der Waals surface area contributed by atoms with Gasteiger partial charge in [-0.05, 0) is 11.4 Å². The van der Waals surface area contributed by atoms with Crippen LogP contribution in [0.1, 0.15) is 38.8 Å². The molecule has 3 aromatic rings. The second-order valence-corrected chi connectivity index (χ2v) is 8.13. The molecule has 8 heteroatoms. The number of aromatic nitrogens is 3. The highest BCUT2D eigenvalue weighted by Gasteiger charge is 2.18. The maximum atomic E-state index is 12.0. The van der Waals surface area contributed by atoms with E-state index in [1.54, 1.807) is 11.3 Å². The highest BCUT2D eigenvalue weighted by molar-refractivity contribution is 7.14. The number of nitrogens with one attached hydrogen (secondary N) is 1. The van der Waals surface area contributed by atoms with Crippen LogP contribution in [-0.2, 0) is 16.6 Å². The van der Waals surface area contributed by atoms with E-state index in [0.29, 0.717) is 23.3 Å². The molecular formula is C16H18N4O2S2. The number of aryl methyl sites for hydroxylation is 1. The first-order valence-electron chi connectivity index (χ1n) is 7.54. The van der Waals surface area contributed by atoms with E-state index >= 15 is 0 Å². The summed E-state index contributed by atoms with van der Waals surface area (Å²) in [6.45, 7) is 6.28. The Morgan fingerprint density at radius 2 is 2.12 bits per heavy atom. The fraction of sp³-hybridized carbons (Fsp3) is 0.375. The molecule has 3 heterocycles. The van der Waals surface area contributed by atoms with Gasteiger partial charge < -0.3 is 9.84 Å². The third kappa shape index (κ3) is 4.07. The van der Waals surface area contributed by atoms with Crippen LogP contribution in [-0.4, -0.2) is 21.0 Å². The van der Waals surface area contributed by atoms with Gasteiger partial charge in [0, 0.05) is 23.6 Å². The second-order valence-electron chi connectivity index (χ2n) is 6.33.